The highest BCUT2D eigenvalue weighted by Gasteiger charge is 2.60. The highest BCUT2D eigenvalue weighted by Crippen LogP contribution is 2.46. The maximum absolute atomic E-state index is 13.1. The van der Waals surface area contributed by atoms with Crippen molar-refractivity contribution < 1.29 is 28.8 Å². The van der Waals surface area contributed by atoms with Crippen molar-refractivity contribution in [2.45, 2.75) is 42.8 Å². The van der Waals surface area contributed by atoms with Crippen LogP contribution in [0.3, 0.4) is 0 Å². The van der Waals surface area contributed by atoms with Gasteiger partial charge in [0.25, 0.3) is 5.92 Å². The summed E-state index contributed by atoms with van der Waals surface area (Å²) in [7, 11) is 0. The number of nitrogens with zero attached hydrogens (tertiary/aromatic N) is 2. The molecule has 2 heterocycles. The van der Waals surface area contributed by atoms with Crippen molar-refractivity contribution in [2.75, 3.05) is 13.3 Å². The van der Waals surface area contributed by atoms with Crippen LogP contribution in [0.4, 0.5) is 8.78 Å². The number of aliphatic imine (C=N–C) groups is 1. The van der Waals surface area contributed by atoms with Gasteiger partial charge < -0.3 is 25.0 Å². The minimum absolute atomic E-state index is 0.137. The lowest BCUT2D eigenvalue weighted by atomic mass is 10.0. The van der Waals surface area contributed by atoms with Gasteiger partial charge in [0.15, 0.2) is 0 Å². The van der Waals surface area contributed by atoms with Crippen LogP contribution in [0.2, 0.25) is 0 Å². The van der Waals surface area contributed by atoms with Crippen LogP contribution in [0.25, 0.3) is 0 Å². The smallest absolute Gasteiger partial charge is 0.270 e. The molecule has 0 radical (unpaired) electrons. The van der Waals surface area contributed by atoms with Crippen molar-refractivity contribution in [3.63, 3.8) is 0 Å². The fourth-order valence-corrected chi connectivity index (χ4v) is 2.58. The van der Waals surface area contributed by atoms with Crippen molar-refractivity contribution in [3.8, 4) is 0 Å². The average molecular weight is 290 g/mol. The topological polar surface area (TPSA) is 85.5 Å². The summed E-state index contributed by atoms with van der Waals surface area (Å²) in [5.74, 6) is -2.70. The Labute approximate surface area is 114 Å². The van der Waals surface area contributed by atoms with Crippen LogP contribution in [0.5, 0.6) is 0 Å². The molecule has 1 unspecified atom stereocenters. The molecule has 0 bridgehead atoms. The molecule has 3 N–H and O–H groups in total. The van der Waals surface area contributed by atoms with E-state index in [2.05, 4.69) is 4.99 Å². The van der Waals surface area contributed by atoms with Gasteiger partial charge in [0, 0.05) is 24.4 Å². The monoisotopic (exact) mass is 290 g/mol. The molecule has 3 aliphatic rings. The van der Waals surface area contributed by atoms with Gasteiger partial charge in [-0.05, 0) is 0 Å². The minimum atomic E-state index is -2.70. The van der Waals surface area contributed by atoms with E-state index in [0.717, 1.165) is 0 Å². The van der Waals surface area contributed by atoms with E-state index in [9.17, 15) is 19.0 Å². The van der Waals surface area contributed by atoms with Crippen molar-refractivity contribution in [1.82, 2.24) is 4.90 Å². The van der Waals surface area contributed by atoms with Crippen LogP contribution >= 0.6 is 0 Å². The fraction of sp³-hybridized carbons (Fsp3) is 0.750. The summed E-state index contributed by atoms with van der Waals surface area (Å²) in [5, 5.41) is 28.6. The standard InChI is InChI=1S/C12H16F2N2O4/c13-12(14)1-8(12)16-3-6(2-15-5-16)11-10(19)9(18)7(4-17)20-11/h2-3,7-11,17-19H,1,4-5H2/t7-,8?,9-,10-,11+/m1/s1. The number of hydrogen-bond acceptors (Lipinski definition) is 6. The fourth-order valence-electron chi connectivity index (χ4n) is 2.58. The largest absolute Gasteiger partial charge is 0.394 e. The van der Waals surface area contributed by atoms with Gasteiger partial charge in [0.1, 0.15) is 31.1 Å². The van der Waals surface area contributed by atoms with E-state index < -0.39 is 43.0 Å². The van der Waals surface area contributed by atoms with Crippen LogP contribution < -0.4 is 0 Å². The molecule has 0 aromatic carbocycles. The molecule has 112 valence electrons. The van der Waals surface area contributed by atoms with Crippen LogP contribution in [-0.2, 0) is 4.74 Å². The molecule has 0 spiro atoms. The first-order chi connectivity index (χ1) is 9.44. The summed E-state index contributed by atoms with van der Waals surface area (Å²) in [6, 6.07) is -0.868. The SMILES string of the molecule is OC[C@H]1O[C@@H](C2=CN(C3CC3(F)F)CN=C2)[C@H](O)[C@@H]1O. The second-order valence-corrected chi connectivity index (χ2v) is 5.34. The summed E-state index contributed by atoms with van der Waals surface area (Å²) in [4.78, 5) is 5.39. The van der Waals surface area contributed by atoms with Crippen molar-refractivity contribution >= 4 is 6.21 Å². The predicted molar refractivity (Wildman–Crippen MR) is 64.4 cm³/mol. The number of alkyl halides is 2. The molecule has 20 heavy (non-hydrogen) atoms. The quantitative estimate of drug-likeness (QED) is 0.627. The minimum Gasteiger partial charge on any atom is -0.394 e. The molecular formula is C12H16F2N2O4. The Morgan fingerprint density at radius 2 is 2.10 bits per heavy atom. The number of rotatable bonds is 3. The van der Waals surface area contributed by atoms with Crippen LogP contribution in [0.15, 0.2) is 16.8 Å². The van der Waals surface area contributed by atoms with Gasteiger partial charge in [-0.2, -0.15) is 0 Å². The third-order valence-electron chi connectivity index (χ3n) is 3.86. The lowest BCUT2D eigenvalue weighted by molar-refractivity contribution is -0.0133. The highest BCUT2D eigenvalue weighted by atomic mass is 19.3. The van der Waals surface area contributed by atoms with Crippen LogP contribution in [-0.4, -0.2) is 76.1 Å². The van der Waals surface area contributed by atoms with Crippen molar-refractivity contribution in [3.05, 3.63) is 11.8 Å². The number of aliphatic hydroxyl groups excluding tert-OH is 3. The van der Waals surface area contributed by atoms with Crippen molar-refractivity contribution in [2.24, 2.45) is 4.99 Å². The zero-order chi connectivity index (χ0) is 14.5. The molecule has 0 aromatic rings. The molecular weight excluding hydrogens is 274 g/mol. The van der Waals surface area contributed by atoms with Gasteiger partial charge in [-0.1, -0.05) is 0 Å². The molecule has 5 atom stereocenters. The zero-order valence-electron chi connectivity index (χ0n) is 10.6. The van der Waals surface area contributed by atoms with Crippen LogP contribution in [0, 0.1) is 0 Å². The Balaban J connectivity index is 1.75. The molecule has 0 amide bonds. The molecule has 1 saturated heterocycles. The van der Waals surface area contributed by atoms with Gasteiger partial charge in [-0.3, -0.25) is 4.99 Å². The Kier molecular flexibility index (Phi) is 3.28. The second kappa shape index (κ2) is 4.73. The van der Waals surface area contributed by atoms with E-state index in [0.29, 0.717) is 5.57 Å². The maximum atomic E-state index is 13.1. The maximum Gasteiger partial charge on any atom is 0.270 e. The molecule has 1 saturated carbocycles. The van der Waals surface area contributed by atoms with Gasteiger partial charge in [-0.15, -0.1) is 0 Å². The molecule has 1 aliphatic carbocycles. The normalized spacial score (nSPS) is 42.8. The highest BCUT2D eigenvalue weighted by molar-refractivity contribution is 5.80. The third kappa shape index (κ3) is 2.22. The lowest BCUT2D eigenvalue weighted by Gasteiger charge is -2.25. The number of hydrogen-bond donors (Lipinski definition) is 3. The first kappa shape index (κ1) is 13.9. The molecule has 3 rings (SSSR count). The van der Waals surface area contributed by atoms with Gasteiger partial charge in [0.05, 0.1) is 12.6 Å². The van der Waals surface area contributed by atoms with Crippen molar-refractivity contribution in [1.29, 1.82) is 0 Å². The Bertz CT molecular complexity index is 457. The Morgan fingerprint density at radius 1 is 1.40 bits per heavy atom. The average Bonchev–Trinajstić information content (AvgIpc) is 2.98. The van der Waals surface area contributed by atoms with Crippen LogP contribution in [0.1, 0.15) is 6.42 Å². The van der Waals surface area contributed by atoms with E-state index in [1.54, 1.807) is 0 Å². The van der Waals surface area contributed by atoms with Gasteiger partial charge in [-0.25, -0.2) is 8.78 Å². The number of halogens is 2. The van der Waals surface area contributed by atoms with E-state index in [1.165, 1.54) is 17.3 Å². The summed E-state index contributed by atoms with van der Waals surface area (Å²) in [6.07, 6.45) is -1.47. The molecule has 0 aromatic heterocycles. The Hall–Kier alpha value is -1.09. The lowest BCUT2D eigenvalue weighted by Crippen LogP contribution is -2.36. The second-order valence-electron chi connectivity index (χ2n) is 5.34. The summed E-state index contributed by atoms with van der Waals surface area (Å²) in [5.41, 5.74) is 0.418. The zero-order valence-corrected chi connectivity index (χ0v) is 10.6. The summed E-state index contributed by atoms with van der Waals surface area (Å²) in [6.45, 7) is -0.290. The van der Waals surface area contributed by atoms with Gasteiger partial charge >= 0.3 is 0 Å². The summed E-state index contributed by atoms with van der Waals surface area (Å²) < 4.78 is 31.5. The summed E-state index contributed by atoms with van der Waals surface area (Å²) >= 11 is 0. The molecule has 2 aliphatic heterocycles. The van der Waals surface area contributed by atoms with Gasteiger partial charge in [0.2, 0.25) is 0 Å². The van der Waals surface area contributed by atoms with E-state index >= 15 is 0 Å². The van der Waals surface area contributed by atoms with E-state index in [4.69, 9.17) is 9.84 Å². The molecule has 8 heteroatoms. The number of ether oxygens (including phenoxy) is 1. The third-order valence-corrected chi connectivity index (χ3v) is 3.86. The first-order valence-corrected chi connectivity index (χ1v) is 6.41. The Morgan fingerprint density at radius 3 is 2.65 bits per heavy atom. The first-order valence-electron chi connectivity index (χ1n) is 6.41. The molecule has 6 nitrogen and oxygen atoms in total. The molecule has 2 fully saturated rings. The van der Waals surface area contributed by atoms with E-state index in [1.807, 2.05) is 0 Å². The predicted octanol–water partition coefficient (Wildman–Crippen LogP) is -0.897. The number of aliphatic hydroxyl groups is 3. The van der Waals surface area contributed by atoms with E-state index in [-0.39, 0.29) is 13.1 Å².